The van der Waals surface area contributed by atoms with Crippen molar-refractivity contribution in [1.82, 2.24) is 9.55 Å². The van der Waals surface area contributed by atoms with E-state index in [1.54, 1.807) is 12.1 Å². The average molecular weight is 295 g/mol. The summed E-state index contributed by atoms with van der Waals surface area (Å²) in [5.41, 5.74) is 2.38. The van der Waals surface area contributed by atoms with Crippen LogP contribution in [0.15, 0.2) is 53.8 Å². The molecule has 1 aromatic carbocycles. The number of pyridine rings is 1. The van der Waals surface area contributed by atoms with Gasteiger partial charge in [0.05, 0.1) is 6.21 Å². The van der Waals surface area contributed by atoms with E-state index in [1.807, 2.05) is 12.1 Å². The fraction of sp³-hybridized carbons (Fsp3) is 0.176. The molecule has 0 spiro atoms. The molecule has 5 heteroatoms. The summed E-state index contributed by atoms with van der Waals surface area (Å²) in [5, 5.41) is 22.3. The number of hydrogen-bond donors (Lipinski definition) is 2. The Morgan fingerprint density at radius 2 is 2.00 bits per heavy atom. The minimum absolute atomic E-state index is 0.0120. The van der Waals surface area contributed by atoms with Crippen LogP contribution < -0.4 is 0 Å². The van der Waals surface area contributed by atoms with Gasteiger partial charge in [0.25, 0.3) is 0 Å². The van der Waals surface area contributed by atoms with Gasteiger partial charge in [-0.3, -0.25) is 0 Å². The van der Waals surface area contributed by atoms with Crippen molar-refractivity contribution in [3.8, 4) is 5.75 Å². The van der Waals surface area contributed by atoms with Crippen molar-refractivity contribution < 1.29 is 10.3 Å². The third-order valence-electron chi connectivity index (χ3n) is 3.65. The average Bonchev–Trinajstić information content (AvgIpc) is 2.94. The molecule has 2 heterocycles. The van der Waals surface area contributed by atoms with E-state index in [2.05, 4.69) is 39.1 Å². The van der Waals surface area contributed by atoms with Gasteiger partial charge in [-0.1, -0.05) is 23.4 Å². The van der Waals surface area contributed by atoms with Gasteiger partial charge in [0.15, 0.2) is 0 Å². The third kappa shape index (κ3) is 2.93. The van der Waals surface area contributed by atoms with E-state index < -0.39 is 0 Å². The smallest absolute Gasteiger partial charge is 0.142 e. The van der Waals surface area contributed by atoms with Crippen molar-refractivity contribution in [1.29, 1.82) is 0 Å². The van der Waals surface area contributed by atoms with Crippen LogP contribution in [-0.2, 0) is 13.0 Å². The molecule has 2 aromatic heterocycles. The summed E-state index contributed by atoms with van der Waals surface area (Å²) < 4.78 is 2.23. The van der Waals surface area contributed by atoms with E-state index in [9.17, 15) is 5.11 Å². The molecule has 0 aliphatic rings. The Bertz CT molecular complexity index is 809. The van der Waals surface area contributed by atoms with E-state index in [4.69, 9.17) is 5.21 Å². The molecular weight excluding hydrogens is 278 g/mol. The number of oxime groups is 1. The van der Waals surface area contributed by atoms with Crippen LogP contribution >= 0.6 is 0 Å². The van der Waals surface area contributed by atoms with Gasteiger partial charge in [0, 0.05) is 24.0 Å². The zero-order valence-electron chi connectivity index (χ0n) is 12.1. The molecule has 0 aliphatic carbocycles. The lowest BCUT2D eigenvalue weighted by Gasteiger charge is -2.06. The van der Waals surface area contributed by atoms with Crippen LogP contribution in [0.4, 0.5) is 0 Å². The van der Waals surface area contributed by atoms with Crippen LogP contribution in [0, 0.1) is 0 Å². The molecule has 5 nitrogen and oxygen atoms in total. The number of fused-ring (bicyclic) bond motifs is 1. The lowest BCUT2D eigenvalue weighted by molar-refractivity contribution is 0.321. The molecule has 0 aliphatic heterocycles. The number of aryl methyl sites for hydroxylation is 2. The summed E-state index contributed by atoms with van der Waals surface area (Å²) in [4.78, 5) is 4.27. The Balaban J connectivity index is 1.67. The van der Waals surface area contributed by atoms with Gasteiger partial charge < -0.3 is 14.9 Å². The molecule has 0 amide bonds. The maximum absolute atomic E-state index is 9.59. The molecule has 2 N–H and O–H groups in total. The first-order chi connectivity index (χ1) is 10.8. The highest BCUT2D eigenvalue weighted by molar-refractivity contribution is 5.80. The Morgan fingerprint density at radius 3 is 2.86 bits per heavy atom. The van der Waals surface area contributed by atoms with Gasteiger partial charge in [-0.15, -0.1) is 0 Å². The number of hydrogen-bond acceptors (Lipinski definition) is 4. The molecule has 3 rings (SSSR count). The summed E-state index contributed by atoms with van der Waals surface area (Å²) in [7, 11) is 0. The first-order valence-corrected chi connectivity index (χ1v) is 7.18. The SMILES string of the molecule is O/N=C\c1nc(CCCn2ccc3ccccc32)ccc1O. The molecule has 0 saturated carbocycles. The number of para-hydroxylation sites is 1. The van der Waals surface area contributed by atoms with Gasteiger partial charge >= 0.3 is 0 Å². The van der Waals surface area contributed by atoms with Crippen LogP contribution in [0.3, 0.4) is 0 Å². The zero-order chi connectivity index (χ0) is 15.4. The molecule has 0 bridgehead atoms. The minimum atomic E-state index is 0.0120. The number of aromatic hydroxyl groups is 1. The highest BCUT2D eigenvalue weighted by atomic mass is 16.4. The lowest BCUT2D eigenvalue weighted by atomic mass is 10.2. The predicted octanol–water partition coefficient (Wildman–Crippen LogP) is 3.18. The maximum atomic E-state index is 9.59. The maximum Gasteiger partial charge on any atom is 0.142 e. The van der Waals surface area contributed by atoms with Crippen molar-refractivity contribution in [3.05, 3.63) is 60.0 Å². The quantitative estimate of drug-likeness (QED) is 0.431. The van der Waals surface area contributed by atoms with Gasteiger partial charge in [0.2, 0.25) is 0 Å². The largest absolute Gasteiger partial charge is 0.506 e. The highest BCUT2D eigenvalue weighted by Gasteiger charge is 2.04. The second kappa shape index (κ2) is 6.30. The fourth-order valence-corrected chi connectivity index (χ4v) is 2.56. The molecule has 0 saturated heterocycles. The normalized spacial score (nSPS) is 11.5. The first-order valence-electron chi connectivity index (χ1n) is 7.18. The van der Waals surface area contributed by atoms with Crippen molar-refractivity contribution in [2.45, 2.75) is 19.4 Å². The van der Waals surface area contributed by atoms with Crippen molar-refractivity contribution in [2.24, 2.45) is 5.16 Å². The topological polar surface area (TPSA) is 70.6 Å². The fourth-order valence-electron chi connectivity index (χ4n) is 2.56. The van der Waals surface area contributed by atoms with Crippen LogP contribution in [-0.4, -0.2) is 26.1 Å². The molecule has 0 radical (unpaired) electrons. The summed E-state index contributed by atoms with van der Waals surface area (Å²) >= 11 is 0. The van der Waals surface area contributed by atoms with E-state index in [-0.39, 0.29) is 11.4 Å². The molecule has 0 atom stereocenters. The Kier molecular flexibility index (Phi) is 4.05. The Morgan fingerprint density at radius 1 is 1.14 bits per heavy atom. The van der Waals surface area contributed by atoms with E-state index in [1.165, 1.54) is 10.9 Å². The van der Waals surface area contributed by atoms with Gasteiger partial charge in [-0.25, -0.2) is 4.98 Å². The number of rotatable bonds is 5. The summed E-state index contributed by atoms with van der Waals surface area (Å²) in [5.74, 6) is 0.0120. The summed E-state index contributed by atoms with van der Waals surface area (Å²) in [6.45, 7) is 0.902. The highest BCUT2D eigenvalue weighted by Crippen LogP contribution is 2.17. The van der Waals surface area contributed by atoms with Gasteiger partial charge in [0.1, 0.15) is 11.4 Å². The molecule has 0 fully saturated rings. The monoisotopic (exact) mass is 295 g/mol. The predicted molar refractivity (Wildman–Crippen MR) is 85.5 cm³/mol. The minimum Gasteiger partial charge on any atom is -0.506 e. The zero-order valence-corrected chi connectivity index (χ0v) is 12.1. The Labute approximate surface area is 128 Å². The third-order valence-corrected chi connectivity index (χ3v) is 3.65. The summed E-state index contributed by atoms with van der Waals surface area (Å²) in [6, 6.07) is 13.8. The second-order valence-electron chi connectivity index (χ2n) is 5.12. The second-order valence-corrected chi connectivity index (χ2v) is 5.12. The summed E-state index contributed by atoms with van der Waals surface area (Å²) in [6.07, 6.45) is 4.96. The Hall–Kier alpha value is -2.82. The molecule has 22 heavy (non-hydrogen) atoms. The molecular formula is C17H17N3O2. The molecule has 0 unspecified atom stereocenters. The van der Waals surface area contributed by atoms with Crippen LogP contribution in [0.2, 0.25) is 0 Å². The van der Waals surface area contributed by atoms with Crippen molar-refractivity contribution >= 4 is 17.1 Å². The van der Waals surface area contributed by atoms with Gasteiger partial charge in [-0.2, -0.15) is 0 Å². The number of nitrogens with zero attached hydrogens (tertiary/aromatic N) is 3. The molecule has 3 aromatic rings. The van der Waals surface area contributed by atoms with E-state index in [0.717, 1.165) is 31.3 Å². The van der Waals surface area contributed by atoms with E-state index in [0.29, 0.717) is 0 Å². The lowest BCUT2D eigenvalue weighted by Crippen LogP contribution is -2.00. The van der Waals surface area contributed by atoms with Crippen molar-refractivity contribution in [2.75, 3.05) is 0 Å². The van der Waals surface area contributed by atoms with E-state index >= 15 is 0 Å². The van der Waals surface area contributed by atoms with Crippen LogP contribution in [0.25, 0.3) is 10.9 Å². The van der Waals surface area contributed by atoms with Gasteiger partial charge in [-0.05, 0) is 42.5 Å². The first kappa shape index (κ1) is 14.1. The van der Waals surface area contributed by atoms with Crippen molar-refractivity contribution in [3.63, 3.8) is 0 Å². The standard InChI is InChI=1S/C17H17N3O2/c21-17-8-7-14(19-15(17)12-18-22)5-3-10-20-11-9-13-4-1-2-6-16(13)20/h1-2,4,6-9,11-12,21-22H,3,5,10H2/b18-12-. The number of aromatic nitrogens is 2. The number of benzene rings is 1. The van der Waals surface area contributed by atoms with Crippen LogP contribution in [0.5, 0.6) is 5.75 Å². The molecule has 112 valence electrons. The van der Waals surface area contributed by atoms with Crippen LogP contribution in [0.1, 0.15) is 17.8 Å².